The van der Waals surface area contributed by atoms with Gasteiger partial charge in [-0.05, 0) is 56.2 Å². The summed E-state index contributed by atoms with van der Waals surface area (Å²) in [5.74, 6) is 0.436. The zero-order valence-corrected chi connectivity index (χ0v) is 19.3. The number of rotatable bonds is 7. The first-order chi connectivity index (χ1) is 15.8. The Labute approximate surface area is 194 Å². The van der Waals surface area contributed by atoms with Crippen LogP contribution in [0.2, 0.25) is 0 Å². The molecule has 2 aliphatic heterocycles. The molecule has 4 rings (SSSR count). The molecule has 1 aliphatic carbocycles. The van der Waals surface area contributed by atoms with Crippen LogP contribution in [0.5, 0.6) is 5.75 Å². The Morgan fingerprint density at radius 2 is 1.67 bits per heavy atom. The van der Waals surface area contributed by atoms with Crippen LogP contribution in [0.25, 0.3) is 0 Å². The van der Waals surface area contributed by atoms with E-state index in [-0.39, 0.29) is 30.2 Å². The SMILES string of the molecule is COc1ccc(CCC(=O)N2CCCN(C(=O)CN3C(=O)NC(C)(C4CC4)C3=O)CC2)cc1. The van der Waals surface area contributed by atoms with Gasteiger partial charge in [0.25, 0.3) is 5.91 Å². The number of aryl methyl sites for hydroxylation is 1. The van der Waals surface area contributed by atoms with Crippen molar-refractivity contribution in [2.24, 2.45) is 5.92 Å². The largest absolute Gasteiger partial charge is 0.497 e. The van der Waals surface area contributed by atoms with E-state index in [1.54, 1.807) is 23.8 Å². The van der Waals surface area contributed by atoms with Crippen molar-refractivity contribution in [3.63, 3.8) is 0 Å². The predicted octanol–water partition coefficient (Wildman–Crippen LogP) is 1.41. The topological polar surface area (TPSA) is 99.3 Å². The van der Waals surface area contributed by atoms with Gasteiger partial charge in [0.05, 0.1) is 7.11 Å². The van der Waals surface area contributed by atoms with Gasteiger partial charge in [-0.3, -0.25) is 19.3 Å². The normalized spacial score (nSPS) is 23.4. The Bertz CT molecular complexity index is 929. The molecule has 33 heavy (non-hydrogen) atoms. The maximum Gasteiger partial charge on any atom is 0.325 e. The zero-order chi connectivity index (χ0) is 23.6. The fourth-order valence-corrected chi connectivity index (χ4v) is 4.65. The molecule has 0 aromatic heterocycles. The molecule has 0 spiro atoms. The number of ether oxygens (including phenoxy) is 1. The van der Waals surface area contributed by atoms with Crippen LogP contribution >= 0.6 is 0 Å². The summed E-state index contributed by atoms with van der Waals surface area (Å²) in [4.78, 5) is 55.2. The second-order valence-electron chi connectivity index (χ2n) is 9.26. The van der Waals surface area contributed by atoms with Gasteiger partial charge in [-0.25, -0.2) is 4.79 Å². The first kappa shape index (κ1) is 23.1. The van der Waals surface area contributed by atoms with Gasteiger partial charge < -0.3 is 19.9 Å². The molecular weight excluding hydrogens is 424 g/mol. The third-order valence-electron chi connectivity index (χ3n) is 6.98. The molecule has 0 bridgehead atoms. The summed E-state index contributed by atoms with van der Waals surface area (Å²) in [6.07, 6.45) is 3.55. The smallest absolute Gasteiger partial charge is 0.325 e. The van der Waals surface area contributed by atoms with Gasteiger partial charge in [-0.15, -0.1) is 0 Å². The highest BCUT2D eigenvalue weighted by Gasteiger charge is 2.56. The number of hydrogen-bond donors (Lipinski definition) is 1. The lowest BCUT2D eigenvalue weighted by Gasteiger charge is -2.24. The molecule has 1 unspecified atom stereocenters. The summed E-state index contributed by atoms with van der Waals surface area (Å²) >= 11 is 0. The van der Waals surface area contributed by atoms with Gasteiger partial charge >= 0.3 is 6.03 Å². The number of nitrogens with one attached hydrogen (secondary N) is 1. The molecule has 9 heteroatoms. The number of carbonyl (C=O) groups is 4. The van der Waals surface area contributed by atoms with Crippen molar-refractivity contribution in [2.45, 2.75) is 44.6 Å². The Morgan fingerprint density at radius 1 is 1.03 bits per heavy atom. The molecule has 2 heterocycles. The molecule has 1 atom stereocenters. The molecular formula is C24H32N4O5. The fourth-order valence-electron chi connectivity index (χ4n) is 4.65. The first-order valence-corrected chi connectivity index (χ1v) is 11.6. The minimum Gasteiger partial charge on any atom is -0.497 e. The standard InChI is InChI=1S/C24H32N4O5/c1-24(18-7-8-18)22(31)28(23(32)25-24)16-21(30)27-13-3-12-26(14-15-27)20(29)11-6-17-4-9-19(33-2)10-5-17/h4-5,9-10,18H,3,6-8,11-16H2,1-2H3,(H,25,32). The summed E-state index contributed by atoms with van der Waals surface area (Å²) in [6, 6.07) is 7.19. The molecule has 2 saturated heterocycles. The highest BCUT2D eigenvalue weighted by molar-refractivity contribution is 6.09. The van der Waals surface area contributed by atoms with Crippen LogP contribution < -0.4 is 10.1 Å². The van der Waals surface area contributed by atoms with Crippen molar-refractivity contribution >= 4 is 23.8 Å². The molecule has 1 saturated carbocycles. The Hall–Kier alpha value is -3.10. The molecule has 0 radical (unpaired) electrons. The number of amides is 5. The van der Waals surface area contributed by atoms with Crippen LogP contribution in [0.15, 0.2) is 24.3 Å². The second kappa shape index (κ2) is 9.41. The highest BCUT2D eigenvalue weighted by Crippen LogP contribution is 2.42. The summed E-state index contributed by atoms with van der Waals surface area (Å²) in [5.41, 5.74) is 0.186. The van der Waals surface area contributed by atoms with Crippen LogP contribution in [0.4, 0.5) is 4.79 Å². The van der Waals surface area contributed by atoms with Crippen LogP contribution in [-0.2, 0) is 20.8 Å². The van der Waals surface area contributed by atoms with Crippen molar-refractivity contribution in [3.05, 3.63) is 29.8 Å². The van der Waals surface area contributed by atoms with E-state index in [4.69, 9.17) is 4.74 Å². The van der Waals surface area contributed by atoms with Crippen molar-refractivity contribution in [3.8, 4) is 5.75 Å². The third-order valence-corrected chi connectivity index (χ3v) is 6.98. The second-order valence-corrected chi connectivity index (χ2v) is 9.26. The first-order valence-electron chi connectivity index (χ1n) is 11.6. The van der Waals surface area contributed by atoms with E-state index in [2.05, 4.69) is 5.32 Å². The van der Waals surface area contributed by atoms with Gasteiger partial charge in [-0.2, -0.15) is 0 Å². The maximum atomic E-state index is 12.9. The van der Waals surface area contributed by atoms with E-state index in [1.165, 1.54) is 0 Å². The van der Waals surface area contributed by atoms with Crippen LogP contribution in [-0.4, -0.2) is 83.8 Å². The van der Waals surface area contributed by atoms with Gasteiger partial charge in [0.1, 0.15) is 17.8 Å². The quantitative estimate of drug-likeness (QED) is 0.626. The number of hydrogen-bond acceptors (Lipinski definition) is 5. The van der Waals surface area contributed by atoms with E-state index in [0.29, 0.717) is 45.4 Å². The summed E-state index contributed by atoms with van der Waals surface area (Å²) in [7, 11) is 1.62. The van der Waals surface area contributed by atoms with Crippen LogP contribution in [0.1, 0.15) is 38.2 Å². The van der Waals surface area contributed by atoms with Crippen molar-refractivity contribution in [1.29, 1.82) is 0 Å². The van der Waals surface area contributed by atoms with Gasteiger partial charge in [0.15, 0.2) is 0 Å². The Morgan fingerprint density at radius 3 is 2.27 bits per heavy atom. The summed E-state index contributed by atoms with van der Waals surface area (Å²) in [6.45, 7) is 3.44. The van der Waals surface area contributed by atoms with E-state index in [9.17, 15) is 19.2 Å². The zero-order valence-electron chi connectivity index (χ0n) is 19.3. The Balaban J connectivity index is 1.26. The van der Waals surface area contributed by atoms with E-state index in [1.807, 2.05) is 24.3 Å². The third kappa shape index (κ3) is 4.96. The number of nitrogens with zero attached hydrogens (tertiary/aromatic N) is 3. The minimum atomic E-state index is -0.886. The number of urea groups is 1. The molecule has 1 aromatic rings. The number of carbonyl (C=O) groups excluding carboxylic acids is 4. The van der Waals surface area contributed by atoms with Crippen molar-refractivity contribution < 1.29 is 23.9 Å². The lowest BCUT2D eigenvalue weighted by molar-refractivity contribution is -0.139. The number of benzene rings is 1. The van der Waals surface area contributed by atoms with E-state index >= 15 is 0 Å². The van der Waals surface area contributed by atoms with Crippen molar-refractivity contribution in [1.82, 2.24) is 20.0 Å². The lowest BCUT2D eigenvalue weighted by atomic mass is 9.96. The molecule has 9 nitrogen and oxygen atoms in total. The summed E-state index contributed by atoms with van der Waals surface area (Å²) in [5, 5.41) is 2.78. The van der Waals surface area contributed by atoms with E-state index in [0.717, 1.165) is 29.1 Å². The van der Waals surface area contributed by atoms with Crippen LogP contribution in [0.3, 0.4) is 0 Å². The monoisotopic (exact) mass is 456 g/mol. The molecule has 5 amide bonds. The average molecular weight is 457 g/mol. The highest BCUT2D eigenvalue weighted by atomic mass is 16.5. The molecule has 178 valence electrons. The maximum absolute atomic E-state index is 12.9. The van der Waals surface area contributed by atoms with E-state index < -0.39 is 11.6 Å². The molecule has 1 aromatic carbocycles. The fraction of sp³-hybridized carbons (Fsp3) is 0.583. The lowest BCUT2D eigenvalue weighted by Crippen LogP contribution is -2.47. The molecule has 1 N–H and O–H groups in total. The van der Waals surface area contributed by atoms with Crippen molar-refractivity contribution in [2.75, 3.05) is 39.8 Å². The van der Waals surface area contributed by atoms with Crippen LogP contribution in [0, 0.1) is 5.92 Å². The predicted molar refractivity (Wildman–Crippen MR) is 120 cm³/mol. The van der Waals surface area contributed by atoms with Gasteiger partial charge in [0.2, 0.25) is 11.8 Å². The number of methoxy groups -OCH3 is 1. The Kier molecular flexibility index (Phi) is 6.58. The minimum absolute atomic E-state index is 0.0643. The molecule has 3 fully saturated rings. The molecule has 3 aliphatic rings. The average Bonchev–Trinajstić information content (AvgIpc) is 3.65. The van der Waals surface area contributed by atoms with Gasteiger partial charge in [0, 0.05) is 32.6 Å². The van der Waals surface area contributed by atoms with Gasteiger partial charge in [-0.1, -0.05) is 12.1 Å². The number of imide groups is 1. The summed E-state index contributed by atoms with van der Waals surface area (Å²) < 4.78 is 5.16.